The summed E-state index contributed by atoms with van der Waals surface area (Å²) in [4.78, 5) is 37.1. The third-order valence-electron chi connectivity index (χ3n) is 13.6. The Kier molecular flexibility index (Phi) is 6.89. The van der Waals surface area contributed by atoms with Crippen molar-refractivity contribution in [2.75, 3.05) is 0 Å². The van der Waals surface area contributed by atoms with Crippen molar-refractivity contribution < 1.29 is 24.2 Å². The number of rotatable bonds is 5. The van der Waals surface area contributed by atoms with E-state index in [9.17, 15) is 19.5 Å². The quantitative estimate of drug-likeness (QED) is 0.305. The maximum atomic E-state index is 13.6. The predicted molar refractivity (Wildman–Crippen MR) is 152 cm³/mol. The van der Waals surface area contributed by atoms with Crippen molar-refractivity contribution in [3.63, 3.8) is 0 Å². The standard InChI is InChI=1S/C34H52O5/c1-20(2)28-24(38)18-34(17-22(37)19-35)16-15-32(7)23(29(28)34)9-10-26-31(6)13-12-27(39-21(3)36)30(4,5)25(31)11-14-33(26,32)8/h19-20,22-23,25-27,37H,9-18H2,1-8H3/t22?,23-,25+,26-,27+,31+,32-,33-,34-/m1/s1. The van der Waals surface area contributed by atoms with Crippen molar-refractivity contribution in [1.29, 1.82) is 0 Å². The van der Waals surface area contributed by atoms with Gasteiger partial charge in [0.1, 0.15) is 18.5 Å². The number of fused-ring (bicyclic) bond motifs is 7. The molecule has 4 saturated carbocycles. The van der Waals surface area contributed by atoms with Gasteiger partial charge in [0.25, 0.3) is 0 Å². The molecule has 9 atom stereocenters. The summed E-state index contributed by atoms with van der Waals surface area (Å²) in [5.74, 6) is 1.63. The first-order valence-electron chi connectivity index (χ1n) is 15.7. The lowest BCUT2D eigenvalue weighted by atomic mass is 9.33. The Balaban J connectivity index is 1.55. The number of ketones is 1. The molecule has 5 heteroatoms. The van der Waals surface area contributed by atoms with Gasteiger partial charge in [0.05, 0.1) is 0 Å². The Bertz CT molecular complexity index is 1090. The van der Waals surface area contributed by atoms with Crippen LogP contribution in [0.1, 0.15) is 120 Å². The Morgan fingerprint density at radius 1 is 0.974 bits per heavy atom. The van der Waals surface area contributed by atoms with E-state index in [4.69, 9.17) is 4.74 Å². The number of allylic oxidation sites excluding steroid dienone is 2. The number of ether oxygens (including phenoxy) is 1. The molecule has 4 fully saturated rings. The van der Waals surface area contributed by atoms with Gasteiger partial charge in [-0.15, -0.1) is 0 Å². The van der Waals surface area contributed by atoms with E-state index < -0.39 is 6.10 Å². The maximum Gasteiger partial charge on any atom is 0.302 e. The summed E-state index contributed by atoms with van der Waals surface area (Å²) in [7, 11) is 0. The highest BCUT2D eigenvalue weighted by Crippen LogP contribution is 2.77. The average Bonchev–Trinajstić information content (AvgIpc) is 3.13. The van der Waals surface area contributed by atoms with Crippen molar-refractivity contribution in [1.82, 2.24) is 0 Å². The molecule has 1 N–H and O–H groups in total. The van der Waals surface area contributed by atoms with Crippen LogP contribution in [-0.4, -0.2) is 35.4 Å². The maximum absolute atomic E-state index is 13.6. The van der Waals surface area contributed by atoms with Crippen LogP contribution in [-0.2, 0) is 19.1 Å². The van der Waals surface area contributed by atoms with E-state index in [1.165, 1.54) is 12.5 Å². The Morgan fingerprint density at radius 3 is 2.28 bits per heavy atom. The number of aliphatic hydroxyl groups is 1. The van der Waals surface area contributed by atoms with Gasteiger partial charge in [-0.1, -0.05) is 54.0 Å². The van der Waals surface area contributed by atoms with Crippen molar-refractivity contribution in [2.24, 2.45) is 50.7 Å². The predicted octanol–water partition coefficient (Wildman–Crippen LogP) is 6.85. The Labute approximate surface area is 235 Å². The highest BCUT2D eigenvalue weighted by molar-refractivity contribution is 6.00. The fourth-order valence-corrected chi connectivity index (χ4v) is 11.8. The van der Waals surface area contributed by atoms with Gasteiger partial charge in [-0.05, 0) is 103 Å². The topological polar surface area (TPSA) is 80.7 Å². The molecular formula is C34H52O5. The summed E-state index contributed by atoms with van der Waals surface area (Å²) in [6.45, 7) is 18.1. The number of carbonyl (C=O) groups excluding carboxylic acids is 3. The average molecular weight is 541 g/mol. The Hall–Kier alpha value is -1.49. The first kappa shape index (κ1) is 29.0. The van der Waals surface area contributed by atoms with E-state index in [-0.39, 0.29) is 50.8 Å². The lowest BCUT2D eigenvalue weighted by molar-refractivity contribution is -0.233. The highest BCUT2D eigenvalue weighted by atomic mass is 16.5. The minimum absolute atomic E-state index is 0.0212. The number of carbonyl (C=O) groups is 3. The molecular weight excluding hydrogens is 488 g/mol. The minimum atomic E-state index is -1.01. The second-order valence-corrected chi connectivity index (χ2v) is 15.8. The molecule has 39 heavy (non-hydrogen) atoms. The SMILES string of the molecule is CC(=O)O[C@H]1CC[C@]2(C)[C@H]3CC[C@@H]4C5=C(C(C)C)C(=O)C[C@]5(CC(O)C=O)CC[C@@]4(C)[C@]3(C)CC[C@H]2C1(C)C. The number of hydrogen-bond donors (Lipinski definition) is 1. The van der Waals surface area contributed by atoms with Crippen LogP contribution in [0, 0.1) is 50.7 Å². The van der Waals surface area contributed by atoms with E-state index in [0.29, 0.717) is 36.9 Å². The van der Waals surface area contributed by atoms with Gasteiger partial charge in [-0.3, -0.25) is 9.59 Å². The molecule has 0 aromatic heterocycles. The fraction of sp³-hybridized carbons (Fsp3) is 0.853. The molecule has 0 radical (unpaired) electrons. The van der Waals surface area contributed by atoms with Crippen molar-refractivity contribution in [3.8, 4) is 0 Å². The largest absolute Gasteiger partial charge is 0.462 e. The molecule has 5 rings (SSSR count). The fourth-order valence-electron chi connectivity index (χ4n) is 11.8. The van der Waals surface area contributed by atoms with Crippen molar-refractivity contribution in [3.05, 3.63) is 11.1 Å². The molecule has 5 aliphatic rings. The zero-order valence-corrected chi connectivity index (χ0v) is 25.7. The molecule has 0 bridgehead atoms. The number of Topliss-reactive ketones (excluding diaryl/α,β-unsaturated/α-hetero) is 1. The van der Waals surface area contributed by atoms with Crippen LogP contribution in [0.25, 0.3) is 0 Å². The van der Waals surface area contributed by atoms with Crippen LogP contribution in [0.2, 0.25) is 0 Å². The summed E-state index contributed by atoms with van der Waals surface area (Å²) in [5.41, 5.74) is 2.30. The molecule has 1 unspecified atom stereocenters. The van der Waals surface area contributed by atoms with Crippen LogP contribution < -0.4 is 0 Å². The van der Waals surface area contributed by atoms with Gasteiger partial charge < -0.3 is 14.6 Å². The molecule has 0 heterocycles. The number of aliphatic hydroxyl groups excluding tert-OH is 1. The van der Waals surface area contributed by atoms with E-state index in [0.717, 1.165) is 56.9 Å². The third-order valence-corrected chi connectivity index (χ3v) is 13.6. The number of aldehydes is 1. The summed E-state index contributed by atoms with van der Waals surface area (Å²) in [6.07, 6.45) is 8.92. The van der Waals surface area contributed by atoms with E-state index in [1.807, 2.05) is 0 Å². The van der Waals surface area contributed by atoms with E-state index in [1.54, 1.807) is 0 Å². The van der Waals surface area contributed by atoms with Gasteiger partial charge in [-0.25, -0.2) is 0 Å². The zero-order valence-electron chi connectivity index (χ0n) is 25.7. The lowest BCUT2D eigenvalue weighted by Gasteiger charge is -2.72. The molecule has 0 aromatic rings. The summed E-state index contributed by atoms with van der Waals surface area (Å²) in [6, 6.07) is 0. The molecule has 0 amide bonds. The van der Waals surface area contributed by atoms with E-state index >= 15 is 0 Å². The summed E-state index contributed by atoms with van der Waals surface area (Å²) >= 11 is 0. The first-order valence-corrected chi connectivity index (χ1v) is 15.7. The molecule has 0 aliphatic heterocycles. The molecule has 218 valence electrons. The number of hydrogen-bond acceptors (Lipinski definition) is 5. The second kappa shape index (κ2) is 9.26. The smallest absolute Gasteiger partial charge is 0.302 e. The first-order chi connectivity index (χ1) is 18.1. The van der Waals surface area contributed by atoms with Gasteiger partial charge in [-0.2, -0.15) is 0 Å². The highest BCUT2D eigenvalue weighted by Gasteiger charge is 2.70. The van der Waals surface area contributed by atoms with Crippen LogP contribution in [0.15, 0.2) is 11.1 Å². The van der Waals surface area contributed by atoms with Crippen LogP contribution in [0.3, 0.4) is 0 Å². The zero-order chi connectivity index (χ0) is 28.8. The van der Waals surface area contributed by atoms with Gasteiger partial charge in [0.2, 0.25) is 0 Å². The van der Waals surface area contributed by atoms with Gasteiger partial charge in [0, 0.05) is 24.2 Å². The molecule has 0 saturated heterocycles. The van der Waals surface area contributed by atoms with Crippen LogP contribution in [0.4, 0.5) is 0 Å². The number of esters is 1. The third kappa shape index (κ3) is 3.91. The van der Waals surface area contributed by atoms with Crippen molar-refractivity contribution >= 4 is 18.0 Å². The van der Waals surface area contributed by atoms with Gasteiger partial charge >= 0.3 is 5.97 Å². The monoisotopic (exact) mass is 540 g/mol. The second-order valence-electron chi connectivity index (χ2n) is 15.8. The molecule has 0 spiro atoms. The van der Waals surface area contributed by atoms with Crippen LogP contribution >= 0.6 is 0 Å². The Morgan fingerprint density at radius 2 is 1.67 bits per heavy atom. The molecule has 0 aromatic carbocycles. The normalized spacial score (nSPS) is 45.6. The van der Waals surface area contributed by atoms with Gasteiger partial charge in [0.15, 0.2) is 5.78 Å². The summed E-state index contributed by atoms with van der Waals surface area (Å²) < 4.78 is 5.89. The summed E-state index contributed by atoms with van der Waals surface area (Å²) in [5, 5.41) is 10.5. The van der Waals surface area contributed by atoms with E-state index in [2.05, 4.69) is 48.5 Å². The molecule has 5 nitrogen and oxygen atoms in total. The molecule has 5 aliphatic carbocycles. The van der Waals surface area contributed by atoms with Crippen molar-refractivity contribution in [2.45, 2.75) is 132 Å². The lowest BCUT2D eigenvalue weighted by Crippen LogP contribution is -2.65. The van der Waals surface area contributed by atoms with Crippen LogP contribution in [0.5, 0.6) is 0 Å². The minimum Gasteiger partial charge on any atom is -0.462 e.